The van der Waals surface area contributed by atoms with Crippen molar-refractivity contribution in [2.45, 2.75) is 24.3 Å². The second-order valence-electron chi connectivity index (χ2n) is 5.35. The van der Waals surface area contributed by atoms with E-state index in [0.29, 0.717) is 5.56 Å². The van der Waals surface area contributed by atoms with E-state index in [1.165, 1.54) is 24.3 Å². The van der Waals surface area contributed by atoms with E-state index in [-0.39, 0.29) is 10.6 Å². The Morgan fingerprint density at radius 1 is 1.00 bits per heavy atom. The van der Waals surface area contributed by atoms with Gasteiger partial charge < -0.3 is 0 Å². The monoisotopic (exact) mass is 320 g/mol. The van der Waals surface area contributed by atoms with Crippen molar-refractivity contribution >= 4 is 15.7 Å². The summed E-state index contributed by atoms with van der Waals surface area (Å²) in [6.45, 7) is 3.41. The molecule has 0 heterocycles. The van der Waals surface area contributed by atoms with Crippen molar-refractivity contribution in [3.63, 3.8) is 0 Å². The van der Waals surface area contributed by atoms with E-state index in [0.717, 1.165) is 0 Å². The molecule has 0 saturated heterocycles. The second kappa shape index (κ2) is 5.86. The third-order valence-electron chi connectivity index (χ3n) is 3.24. The maximum atomic E-state index is 12.4. The molecule has 0 radical (unpaired) electrons. The predicted molar refractivity (Wildman–Crippen MR) is 82.9 cm³/mol. The third-order valence-corrected chi connectivity index (χ3v) is 4.91. The lowest BCUT2D eigenvalue weighted by Crippen LogP contribution is -2.40. The molecule has 0 aliphatic rings. The highest BCUT2D eigenvalue weighted by Crippen LogP contribution is 2.25. The predicted octanol–water partition coefficient (Wildman–Crippen LogP) is 2.81. The number of sulfonamides is 1. The van der Waals surface area contributed by atoms with Gasteiger partial charge in [-0.3, -0.25) is 10.1 Å². The summed E-state index contributed by atoms with van der Waals surface area (Å²) in [6, 6.07) is 13.9. The Balaban J connectivity index is 2.29. The number of nitro benzene ring substituents is 1. The van der Waals surface area contributed by atoms with Crippen LogP contribution in [0, 0.1) is 10.1 Å². The van der Waals surface area contributed by atoms with Crippen molar-refractivity contribution < 1.29 is 13.3 Å². The van der Waals surface area contributed by atoms with Crippen LogP contribution in [0.25, 0.3) is 0 Å². The molecule has 2 aromatic carbocycles. The van der Waals surface area contributed by atoms with Crippen LogP contribution in [0.15, 0.2) is 59.5 Å². The van der Waals surface area contributed by atoms with Crippen LogP contribution >= 0.6 is 0 Å². The Labute approximate surface area is 129 Å². The number of benzene rings is 2. The molecule has 0 saturated carbocycles. The number of hydrogen-bond acceptors (Lipinski definition) is 4. The minimum Gasteiger partial charge on any atom is -0.258 e. The number of non-ortho nitro benzene ring substituents is 1. The van der Waals surface area contributed by atoms with Gasteiger partial charge >= 0.3 is 0 Å². The molecule has 0 fully saturated rings. The lowest BCUT2D eigenvalue weighted by molar-refractivity contribution is -0.384. The van der Waals surface area contributed by atoms with Gasteiger partial charge in [-0.05, 0) is 31.5 Å². The summed E-state index contributed by atoms with van der Waals surface area (Å²) >= 11 is 0. The molecule has 2 aromatic rings. The Hall–Kier alpha value is -2.25. The zero-order chi connectivity index (χ0) is 16.4. The van der Waals surface area contributed by atoms with Gasteiger partial charge in [0.2, 0.25) is 10.0 Å². The maximum absolute atomic E-state index is 12.4. The van der Waals surface area contributed by atoms with Crippen molar-refractivity contribution in [2.24, 2.45) is 0 Å². The van der Waals surface area contributed by atoms with Crippen molar-refractivity contribution in [3.05, 3.63) is 70.3 Å². The highest BCUT2D eigenvalue weighted by molar-refractivity contribution is 7.89. The normalized spacial score (nSPS) is 12.1. The van der Waals surface area contributed by atoms with Crippen LogP contribution in [0.5, 0.6) is 0 Å². The molecular formula is C15H16N2O4S. The molecule has 0 atom stereocenters. The summed E-state index contributed by atoms with van der Waals surface area (Å²) in [5.41, 5.74) is -0.299. The zero-order valence-corrected chi connectivity index (χ0v) is 13.0. The van der Waals surface area contributed by atoms with Crippen molar-refractivity contribution in [3.8, 4) is 0 Å². The van der Waals surface area contributed by atoms with E-state index in [9.17, 15) is 18.5 Å². The average Bonchev–Trinajstić information content (AvgIpc) is 2.47. The van der Waals surface area contributed by atoms with E-state index in [1.54, 1.807) is 44.2 Å². The van der Waals surface area contributed by atoms with Crippen LogP contribution in [0.3, 0.4) is 0 Å². The first-order valence-corrected chi connectivity index (χ1v) is 8.05. The topological polar surface area (TPSA) is 89.3 Å². The molecule has 116 valence electrons. The Morgan fingerprint density at radius 2 is 1.55 bits per heavy atom. The molecule has 6 nitrogen and oxygen atoms in total. The SMILES string of the molecule is CC(C)(NS(=O)(=O)c1ccccc1)c1ccc([N+](=O)[O-])cc1. The highest BCUT2D eigenvalue weighted by Gasteiger charge is 2.28. The molecule has 1 N–H and O–H groups in total. The fourth-order valence-electron chi connectivity index (χ4n) is 2.05. The van der Waals surface area contributed by atoms with Crippen molar-refractivity contribution in [2.75, 3.05) is 0 Å². The molecule has 0 bridgehead atoms. The van der Waals surface area contributed by atoms with Gasteiger partial charge in [0.15, 0.2) is 0 Å². The van der Waals surface area contributed by atoms with Gasteiger partial charge in [0.05, 0.1) is 15.4 Å². The number of nitrogens with zero attached hydrogens (tertiary/aromatic N) is 1. The van der Waals surface area contributed by atoms with E-state index < -0.39 is 20.5 Å². The van der Waals surface area contributed by atoms with Crippen LogP contribution in [0.4, 0.5) is 5.69 Å². The van der Waals surface area contributed by atoms with E-state index in [2.05, 4.69) is 4.72 Å². The summed E-state index contributed by atoms with van der Waals surface area (Å²) in [5, 5.41) is 10.7. The second-order valence-corrected chi connectivity index (χ2v) is 7.03. The van der Waals surface area contributed by atoms with Crippen LogP contribution in [-0.2, 0) is 15.6 Å². The quantitative estimate of drug-likeness (QED) is 0.677. The smallest absolute Gasteiger partial charge is 0.258 e. The minimum atomic E-state index is -3.68. The Bertz CT molecular complexity index is 769. The standard InChI is InChI=1S/C15H16N2O4S/c1-15(2,12-8-10-13(11-9-12)17(18)19)16-22(20,21)14-6-4-3-5-7-14/h3-11,16H,1-2H3. The maximum Gasteiger partial charge on any atom is 0.269 e. The first-order valence-electron chi connectivity index (χ1n) is 6.56. The average molecular weight is 320 g/mol. The van der Waals surface area contributed by atoms with Crippen molar-refractivity contribution in [1.29, 1.82) is 0 Å². The number of nitro groups is 1. The van der Waals surface area contributed by atoms with Gasteiger partial charge in [0, 0.05) is 12.1 Å². The van der Waals surface area contributed by atoms with E-state index in [1.807, 2.05) is 0 Å². The zero-order valence-electron chi connectivity index (χ0n) is 12.2. The van der Waals surface area contributed by atoms with Crippen molar-refractivity contribution in [1.82, 2.24) is 4.72 Å². The Kier molecular flexibility index (Phi) is 4.30. The molecule has 0 unspecified atom stereocenters. The molecular weight excluding hydrogens is 304 g/mol. The lowest BCUT2D eigenvalue weighted by Gasteiger charge is -2.26. The number of rotatable bonds is 5. The molecule has 7 heteroatoms. The van der Waals surface area contributed by atoms with Gasteiger partial charge in [0.1, 0.15) is 0 Å². The minimum absolute atomic E-state index is 0.0366. The van der Waals surface area contributed by atoms with Crippen LogP contribution in [0.1, 0.15) is 19.4 Å². The van der Waals surface area contributed by atoms with E-state index >= 15 is 0 Å². The summed E-state index contributed by atoms with van der Waals surface area (Å²) in [4.78, 5) is 10.3. The molecule has 0 spiro atoms. The van der Waals surface area contributed by atoms with Gasteiger partial charge in [-0.25, -0.2) is 13.1 Å². The molecule has 22 heavy (non-hydrogen) atoms. The molecule has 0 aliphatic carbocycles. The molecule has 0 aliphatic heterocycles. The summed E-state index contributed by atoms with van der Waals surface area (Å²) in [7, 11) is -3.68. The third kappa shape index (κ3) is 3.49. The fraction of sp³-hybridized carbons (Fsp3) is 0.200. The molecule has 0 aromatic heterocycles. The lowest BCUT2D eigenvalue weighted by atomic mass is 9.96. The summed E-state index contributed by atoms with van der Waals surface area (Å²) in [5.74, 6) is 0. The number of hydrogen-bond donors (Lipinski definition) is 1. The van der Waals surface area contributed by atoms with Gasteiger partial charge in [-0.15, -0.1) is 0 Å². The first-order chi connectivity index (χ1) is 10.2. The van der Waals surface area contributed by atoms with Gasteiger partial charge in [-0.1, -0.05) is 30.3 Å². The summed E-state index contributed by atoms with van der Waals surface area (Å²) < 4.78 is 27.4. The first kappa shape index (κ1) is 16.1. The van der Waals surface area contributed by atoms with Crippen LogP contribution < -0.4 is 4.72 Å². The molecule has 0 amide bonds. The Morgan fingerprint density at radius 3 is 2.05 bits per heavy atom. The largest absolute Gasteiger partial charge is 0.269 e. The molecule has 2 rings (SSSR count). The van der Waals surface area contributed by atoms with Crippen LogP contribution in [-0.4, -0.2) is 13.3 Å². The van der Waals surface area contributed by atoms with Gasteiger partial charge in [-0.2, -0.15) is 0 Å². The van der Waals surface area contributed by atoms with Gasteiger partial charge in [0.25, 0.3) is 5.69 Å². The van der Waals surface area contributed by atoms with Crippen LogP contribution in [0.2, 0.25) is 0 Å². The summed E-state index contributed by atoms with van der Waals surface area (Å²) in [6.07, 6.45) is 0. The number of nitrogens with one attached hydrogen (secondary N) is 1. The highest BCUT2D eigenvalue weighted by atomic mass is 32.2. The fourth-order valence-corrected chi connectivity index (χ4v) is 3.48. The van der Waals surface area contributed by atoms with E-state index in [4.69, 9.17) is 0 Å².